The molecule has 76 valence electrons. The van der Waals surface area contributed by atoms with Crippen molar-refractivity contribution in [2.75, 3.05) is 5.73 Å². The molecule has 3 nitrogen and oxygen atoms in total. The predicted molar refractivity (Wildman–Crippen MR) is 60.4 cm³/mol. The summed E-state index contributed by atoms with van der Waals surface area (Å²) in [5, 5.41) is 6.66. The lowest BCUT2D eigenvalue weighted by molar-refractivity contribution is 1.10. The van der Waals surface area contributed by atoms with Crippen molar-refractivity contribution in [2.24, 2.45) is 0 Å². The van der Waals surface area contributed by atoms with E-state index in [9.17, 15) is 0 Å². The van der Waals surface area contributed by atoms with Gasteiger partial charge in [-0.1, -0.05) is 24.3 Å². The van der Waals surface area contributed by atoms with E-state index < -0.39 is 0 Å². The second-order valence-electron chi connectivity index (χ2n) is 4.09. The highest BCUT2D eigenvalue weighted by molar-refractivity contribution is 5.73. The van der Waals surface area contributed by atoms with Crippen molar-refractivity contribution >= 4 is 5.82 Å². The Bertz CT molecular complexity index is 466. The van der Waals surface area contributed by atoms with E-state index >= 15 is 0 Å². The van der Waals surface area contributed by atoms with Gasteiger partial charge < -0.3 is 5.73 Å². The Morgan fingerprint density at radius 1 is 1.20 bits per heavy atom. The summed E-state index contributed by atoms with van der Waals surface area (Å²) in [6.45, 7) is 0. The summed E-state index contributed by atoms with van der Waals surface area (Å²) < 4.78 is 0. The number of hydrogen-bond acceptors (Lipinski definition) is 2. The average Bonchev–Trinajstić information content (AvgIpc) is 3.02. The van der Waals surface area contributed by atoms with Crippen molar-refractivity contribution in [3.05, 3.63) is 36.0 Å². The molecule has 3 heteroatoms. The molecule has 1 aliphatic carbocycles. The van der Waals surface area contributed by atoms with Crippen LogP contribution in [0.1, 0.15) is 24.3 Å². The zero-order valence-corrected chi connectivity index (χ0v) is 8.40. The van der Waals surface area contributed by atoms with Crippen LogP contribution in [0.15, 0.2) is 30.5 Å². The van der Waals surface area contributed by atoms with Gasteiger partial charge in [0.2, 0.25) is 0 Å². The van der Waals surface area contributed by atoms with Gasteiger partial charge in [0, 0.05) is 5.56 Å². The van der Waals surface area contributed by atoms with E-state index in [1.54, 1.807) is 6.20 Å². The first-order valence-corrected chi connectivity index (χ1v) is 5.24. The van der Waals surface area contributed by atoms with E-state index in [0.717, 1.165) is 17.0 Å². The molecule has 0 bridgehead atoms. The largest absolute Gasteiger partial charge is 0.384 e. The minimum absolute atomic E-state index is 0.633. The van der Waals surface area contributed by atoms with Crippen LogP contribution in [0.3, 0.4) is 0 Å². The summed E-state index contributed by atoms with van der Waals surface area (Å²) in [5.41, 5.74) is 9.32. The number of hydrogen-bond donors (Lipinski definition) is 2. The van der Waals surface area contributed by atoms with Crippen molar-refractivity contribution in [2.45, 2.75) is 18.8 Å². The lowest BCUT2D eigenvalue weighted by Crippen LogP contribution is -1.87. The van der Waals surface area contributed by atoms with Crippen molar-refractivity contribution in [3.63, 3.8) is 0 Å². The molecule has 15 heavy (non-hydrogen) atoms. The third-order valence-corrected chi connectivity index (χ3v) is 2.94. The van der Waals surface area contributed by atoms with Crippen molar-refractivity contribution < 1.29 is 0 Å². The summed E-state index contributed by atoms with van der Waals surface area (Å²) in [5.74, 6) is 1.44. The van der Waals surface area contributed by atoms with E-state index in [4.69, 9.17) is 5.73 Å². The fraction of sp³-hybridized carbons (Fsp3) is 0.250. The minimum Gasteiger partial charge on any atom is -0.384 e. The Kier molecular flexibility index (Phi) is 1.78. The first-order chi connectivity index (χ1) is 7.34. The molecule has 0 radical (unpaired) electrons. The number of anilines is 1. The Hall–Kier alpha value is -1.77. The van der Waals surface area contributed by atoms with E-state index in [1.807, 2.05) is 0 Å². The van der Waals surface area contributed by atoms with Gasteiger partial charge in [-0.15, -0.1) is 0 Å². The molecule has 1 aromatic heterocycles. The molecule has 1 aromatic carbocycles. The third kappa shape index (κ3) is 1.50. The number of nitrogens with one attached hydrogen (secondary N) is 1. The fourth-order valence-electron chi connectivity index (χ4n) is 1.88. The van der Waals surface area contributed by atoms with Crippen LogP contribution < -0.4 is 5.73 Å². The van der Waals surface area contributed by atoms with Crippen molar-refractivity contribution in [3.8, 4) is 11.1 Å². The smallest absolute Gasteiger partial charge is 0.126 e. The Morgan fingerprint density at radius 3 is 2.47 bits per heavy atom. The van der Waals surface area contributed by atoms with E-state index in [-0.39, 0.29) is 0 Å². The van der Waals surface area contributed by atoms with Gasteiger partial charge in [0.1, 0.15) is 5.82 Å². The molecule has 0 spiro atoms. The molecule has 0 saturated heterocycles. The average molecular weight is 199 g/mol. The lowest BCUT2D eigenvalue weighted by atomic mass is 10.0. The van der Waals surface area contributed by atoms with Gasteiger partial charge in [-0.05, 0) is 29.9 Å². The van der Waals surface area contributed by atoms with Gasteiger partial charge in [-0.3, -0.25) is 5.10 Å². The summed E-state index contributed by atoms with van der Waals surface area (Å²) in [6, 6.07) is 8.63. The van der Waals surface area contributed by atoms with Gasteiger partial charge in [-0.25, -0.2) is 0 Å². The molecule has 2 aromatic rings. The van der Waals surface area contributed by atoms with Crippen LogP contribution in [0.25, 0.3) is 11.1 Å². The molecular weight excluding hydrogens is 186 g/mol. The molecule has 1 heterocycles. The summed E-state index contributed by atoms with van der Waals surface area (Å²) in [6.07, 6.45) is 4.45. The number of rotatable bonds is 2. The molecule has 0 atom stereocenters. The van der Waals surface area contributed by atoms with Gasteiger partial charge in [-0.2, -0.15) is 5.10 Å². The second kappa shape index (κ2) is 3.12. The first kappa shape index (κ1) is 8.53. The number of nitrogen functional groups attached to an aromatic ring is 1. The number of aromatic amines is 1. The van der Waals surface area contributed by atoms with Gasteiger partial charge in [0.05, 0.1) is 6.20 Å². The zero-order chi connectivity index (χ0) is 10.3. The van der Waals surface area contributed by atoms with E-state index in [1.165, 1.54) is 18.4 Å². The topological polar surface area (TPSA) is 54.7 Å². The molecule has 1 aliphatic rings. The number of H-pyrrole nitrogens is 1. The Morgan fingerprint density at radius 2 is 1.93 bits per heavy atom. The molecule has 0 aliphatic heterocycles. The van der Waals surface area contributed by atoms with Crippen LogP contribution in [0.4, 0.5) is 5.82 Å². The molecule has 3 N–H and O–H groups in total. The second-order valence-corrected chi connectivity index (χ2v) is 4.09. The maximum atomic E-state index is 5.76. The highest BCUT2D eigenvalue weighted by Gasteiger charge is 2.23. The lowest BCUT2D eigenvalue weighted by Gasteiger charge is -2.01. The SMILES string of the molecule is Nc1[nH]ncc1-c1ccc(C2CC2)cc1. The molecule has 1 saturated carbocycles. The number of nitrogens with two attached hydrogens (primary N) is 1. The van der Waals surface area contributed by atoms with E-state index in [2.05, 4.69) is 34.5 Å². The fourth-order valence-corrected chi connectivity index (χ4v) is 1.88. The van der Waals surface area contributed by atoms with Crippen LogP contribution >= 0.6 is 0 Å². The van der Waals surface area contributed by atoms with Crippen LogP contribution in [0, 0.1) is 0 Å². The number of aromatic nitrogens is 2. The highest BCUT2D eigenvalue weighted by atomic mass is 15.1. The van der Waals surface area contributed by atoms with Crippen LogP contribution in [-0.4, -0.2) is 10.2 Å². The molecular formula is C12H13N3. The summed E-state index contributed by atoms with van der Waals surface area (Å²) >= 11 is 0. The standard InChI is InChI=1S/C12H13N3/c13-12-11(7-14-15-12)10-5-3-9(4-6-10)8-1-2-8/h3-8H,1-2H2,(H3,13,14,15). The first-order valence-electron chi connectivity index (χ1n) is 5.24. The normalized spacial score (nSPS) is 15.5. The molecule has 3 rings (SSSR count). The minimum atomic E-state index is 0.633. The zero-order valence-electron chi connectivity index (χ0n) is 8.40. The van der Waals surface area contributed by atoms with Gasteiger partial charge >= 0.3 is 0 Å². The van der Waals surface area contributed by atoms with Crippen molar-refractivity contribution in [1.29, 1.82) is 0 Å². The maximum Gasteiger partial charge on any atom is 0.126 e. The van der Waals surface area contributed by atoms with E-state index in [0.29, 0.717) is 5.82 Å². The van der Waals surface area contributed by atoms with Gasteiger partial charge in [0.25, 0.3) is 0 Å². The Labute approximate surface area is 88.3 Å². The Balaban J connectivity index is 1.96. The summed E-state index contributed by atoms with van der Waals surface area (Å²) in [4.78, 5) is 0. The molecule has 0 amide bonds. The van der Waals surface area contributed by atoms with Crippen LogP contribution in [0.2, 0.25) is 0 Å². The van der Waals surface area contributed by atoms with Crippen LogP contribution in [-0.2, 0) is 0 Å². The maximum absolute atomic E-state index is 5.76. The van der Waals surface area contributed by atoms with Crippen LogP contribution in [0.5, 0.6) is 0 Å². The van der Waals surface area contributed by atoms with Crippen molar-refractivity contribution in [1.82, 2.24) is 10.2 Å². The predicted octanol–water partition coefficient (Wildman–Crippen LogP) is 2.54. The summed E-state index contributed by atoms with van der Waals surface area (Å²) in [7, 11) is 0. The molecule has 0 unspecified atom stereocenters. The number of nitrogens with zero attached hydrogens (tertiary/aromatic N) is 1. The highest BCUT2D eigenvalue weighted by Crippen LogP contribution is 2.40. The molecule has 1 fully saturated rings. The number of benzene rings is 1. The third-order valence-electron chi connectivity index (χ3n) is 2.94. The monoisotopic (exact) mass is 199 g/mol. The van der Waals surface area contributed by atoms with Gasteiger partial charge in [0.15, 0.2) is 0 Å². The quantitative estimate of drug-likeness (QED) is 0.780.